The molecule has 2 fully saturated rings. The molecule has 8 heteroatoms. The van der Waals surface area contributed by atoms with E-state index >= 15 is 0 Å². The van der Waals surface area contributed by atoms with Crippen LogP contribution in [0.25, 0.3) is 11.0 Å². The van der Waals surface area contributed by atoms with Crippen molar-refractivity contribution in [2.75, 3.05) is 25.0 Å². The number of benzene rings is 2. The molecule has 1 aliphatic carbocycles. The lowest BCUT2D eigenvalue weighted by Crippen LogP contribution is -2.41. The molecule has 0 bridgehead atoms. The van der Waals surface area contributed by atoms with Crippen LogP contribution in [-0.4, -0.2) is 51.9 Å². The third kappa shape index (κ3) is 4.31. The topological polar surface area (TPSA) is 99.2 Å². The number of piperidine rings is 1. The summed E-state index contributed by atoms with van der Waals surface area (Å²) in [6, 6.07) is 15.2. The number of fused-ring (bicyclic) bond motifs is 1. The van der Waals surface area contributed by atoms with E-state index < -0.39 is 0 Å². The smallest absolute Gasteiger partial charge is 0.326 e. The predicted molar refractivity (Wildman–Crippen MR) is 123 cm³/mol. The van der Waals surface area contributed by atoms with Crippen LogP contribution in [0.4, 0.5) is 5.69 Å². The Hall–Kier alpha value is -3.39. The Labute approximate surface area is 185 Å². The van der Waals surface area contributed by atoms with Crippen molar-refractivity contribution >= 4 is 28.5 Å². The minimum absolute atomic E-state index is 0.0801. The lowest BCUT2D eigenvalue weighted by atomic mass is 10.0. The molecule has 0 spiro atoms. The van der Waals surface area contributed by atoms with Crippen molar-refractivity contribution in [3.05, 3.63) is 64.6 Å². The monoisotopic (exact) mass is 433 g/mol. The molecule has 1 aliphatic heterocycles. The second-order valence-corrected chi connectivity index (χ2v) is 8.67. The highest BCUT2D eigenvalue weighted by atomic mass is 16.2. The molecule has 0 unspecified atom stereocenters. The van der Waals surface area contributed by atoms with Gasteiger partial charge in [-0.25, -0.2) is 4.79 Å². The van der Waals surface area contributed by atoms with Gasteiger partial charge in [0.25, 0.3) is 5.91 Å². The first kappa shape index (κ1) is 20.5. The van der Waals surface area contributed by atoms with Gasteiger partial charge >= 0.3 is 5.69 Å². The van der Waals surface area contributed by atoms with E-state index in [1.165, 1.54) is 0 Å². The van der Waals surface area contributed by atoms with E-state index in [0.29, 0.717) is 11.3 Å². The van der Waals surface area contributed by atoms with Crippen molar-refractivity contribution in [3.63, 3.8) is 0 Å². The zero-order chi connectivity index (χ0) is 22.1. The third-order valence-electron chi connectivity index (χ3n) is 6.27. The Morgan fingerprint density at radius 3 is 2.47 bits per heavy atom. The number of imidazole rings is 1. The SMILES string of the molecule is O=C(CN1CCC(n2c(=O)[nH]c3ccccc32)CC1)Nc1ccccc1C(=O)NC1CC1. The molecule has 32 heavy (non-hydrogen) atoms. The number of nitrogens with zero attached hydrogens (tertiary/aromatic N) is 2. The van der Waals surface area contributed by atoms with Gasteiger partial charge in [-0.05, 0) is 49.9 Å². The molecular formula is C24H27N5O3. The van der Waals surface area contributed by atoms with E-state index in [4.69, 9.17) is 0 Å². The number of rotatable bonds is 6. The normalized spacial score (nSPS) is 17.4. The number of hydrogen-bond acceptors (Lipinski definition) is 4. The van der Waals surface area contributed by atoms with Crippen molar-refractivity contribution in [1.82, 2.24) is 19.8 Å². The average molecular weight is 434 g/mol. The van der Waals surface area contributed by atoms with Gasteiger partial charge in [0.2, 0.25) is 5.91 Å². The lowest BCUT2D eigenvalue weighted by molar-refractivity contribution is -0.117. The van der Waals surface area contributed by atoms with Crippen molar-refractivity contribution in [1.29, 1.82) is 0 Å². The molecule has 2 aliphatic rings. The van der Waals surface area contributed by atoms with Crippen LogP contribution in [0.5, 0.6) is 0 Å². The summed E-state index contributed by atoms with van der Waals surface area (Å²) in [7, 11) is 0. The number of carbonyl (C=O) groups is 2. The van der Waals surface area contributed by atoms with Crippen LogP contribution in [0, 0.1) is 0 Å². The molecule has 1 saturated heterocycles. The van der Waals surface area contributed by atoms with Crippen LogP contribution >= 0.6 is 0 Å². The molecule has 5 rings (SSSR count). The molecular weight excluding hydrogens is 406 g/mol. The fraction of sp³-hybridized carbons (Fsp3) is 0.375. The van der Waals surface area contributed by atoms with Gasteiger partial charge in [0.15, 0.2) is 0 Å². The van der Waals surface area contributed by atoms with E-state index in [1.54, 1.807) is 18.2 Å². The van der Waals surface area contributed by atoms with Crippen molar-refractivity contribution in [2.45, 2.75) is 37.8 Å². The largest absolute Gasteiger partial charge is 0.349 e. The van der Waals surface area contributed by atoms with Crippen LogP contribution in [0.3, 0.4) is 0 Å². The van der Waals surface area contributed by atoms with E-state index in [1.807, 2.05) is 34.9 Å². The molecule has 3 aromatic rings. The van der Waals surface area contributed by atoms with Gasteiger partial charge in [0, 0.05) is 25.2 Å². The number of anilines is 1. The summed E-state index contributed by atoms with van der Waals surface area (Å²) in [6.07, 6.45) is 3.63. The minimum Gasteiger partial charge on any atom is -0.349 e. The van der Waals surface area contributed by atoms with E-state index in [-0.39, 0.29) is 36.1 Å². The fourth-order valence-electron chi connectivity index (χ4n) is 4.45. The summed E-state index contributed by atoms with van der Waals surface area (Å²) in [6.45, 7) is 1.72. The first-order valence-corrected chi connectivity index (χ1v) is 11.2. The molecule has 3 N–H and O–H groups in total. The summed E-state index contributed by atoms with van der Waals surface area (Å²) < 4.78 is 1.85. The van der Waals surface area contributed by atoms with E-state index in [2.05, 4.69) is 20.5 Å². The number of aromatic amines is 1. The Bertz CT molecular complexity index is 1200. The average Bonchev–Trinajstić information content (AvgIpc) is 3.54. The summed E-state index contributed by atoms with van der Waals surface area (Å²) in [4.78, 5) is 42.6. The first-order chi connectivity index (χ1) is 15.6. The van der Waals surface area contributed by atoms with Gasteiger partial charge in [0.05, 0.1) is 28.8 Å². The molecule has 8 nitrogen and oxygen atoms in total. The Morgan fingerprint density at radius 2 is 1.69 bits per heavy atom. The Balaban J connectivity index is 1.19. The number of para-hydroxylation sites is 3. The first-order valence-electron chi connectivity index (χ1n) is 11.2. The highest BCUT2D eigenvalue weighted by Crippen LogP contribution is 2.25. The van der Waals surface area contributed by atoms with Crippen LogP contribution in [0.1, 0.15) is 42.1 Å². The molecule has 0 atom stereocenters. The molecule has 0 radical (unpaired) electrons. The zero-order valence-corrected chi connectivity index (χ0v) is 17.8. The molecule has 1 aromatic heterocycles. The predicted octanol–water partition coefficient (Wildman–Crippen LogP) is 2.50. The number of H-pyrrole nitrogens is 1. The maximum absolute atomic E-state index is 12.7. The van der Waals surface area contributed by atoms with Crippen molar-refractivity contribution in [3.8, 4) is 0 Å². The third-order valence-corrected chi connectivity index (χ3v) is 6.27. The van der Waals surface area contributed by atoms with Crippen LogP contribution in [0.15, 0.2) is 53.3 Å². The van der Waals surface area contributed by atoms with Crippen LogP contribution < -0.4 is 16.3 Å². The number of aromatic nitrogens is 2. The highest BCUT2D eigenvalue weighted by molar-refractivity contribution is 6.04. The number of hydrogen-bond donors (Lipinski definition) is 3. The molecule has 2 aromatic carbocycles. The minimum atomic E-state index is -0.145. The molecule has 2 amide bonds. The van der Waals surface area contributed by atoms with Gasteiger partial charge < -0.3 is 15.6 Å². The highest BCUT2D eigenvalue weighted by Gasteiger charge is 2.26. The van der Waals surface area contributed by atoms with Gasteiger partial charge in [0.1, 0.15) is 0 Å². The summed E-state index contributed by atoms with van der Waals surface area (Å²) in [5.41, 5.74) is 2.72. The number of nitrogens with one attached hydrogen (secondary N) is 3. The Kier molecular flexibility index (Phi) is 5.53. The standard InChI is InChI=1S/C24H27N5O3/c30-22(26-19-6-2-1-5-18(19)23(31)25-16-9-10-16)15-28-13-11-17(12-14-28)29-21-8-4-3-7-20(21)27-24(29)32/h1-8,16-17H,9-15H2,(H,25,31)(H,26,30)(H,27,32). The number of carbonyl (C=O) groups excluding carboxylic acids is 2. The van der Waals surface area contributed by atoms with Gasteiger partial charge in [-0.1, -0.05) is 24.3 Å². The maximum Gasteiger partial charge on any atom is 0.326 e. The number of amides is 2. The molecule has 166 valence electrons. The summed E-state index contributed by atoms with van der Waals surface area (Å²) in [5, 5.41) is 5.87. The Morgan fingerprint density at radius 1 is 0.969 bits per heavy atom. The lowest BCUT2D eigenvalue weighted by Gasteiger charge is -2.32. The van der Waals surface area contributed by atoms with Gasteiger partial charge in [-0.15, -0.1) is 0 Å². The van der Waals surface area contributed by atoms with E-state index in [9.17, 15) is 14.4 Å². The summed E-state index contributed by atoms with van der Waals surface area (Å²) in [5.74, 6) is -0.284. The second-order valence-electron chi connectivity index (χ2n) is 8.67. The second kappa shape index (κ2) is 8.63. The van der Waals surface area contributed by atoms with Crippen LogP contribution in [-0.2, 0) is 4.79 Å². The molecule has 1 saturated carbocycles. The van der Waals surface area contributed by atoms with Crippen LogP contribution in [0.2, 0.25) is 0 Å². The van der Waals surface area contributed by atoms with E-state index in [0.717, 1.165) is 49.8 Å². The quantitative estimate of drug-likeness (QED) is 0.556. The van der Waals surface area contributed by atoms with Gasteiger partial charge in [-0.2, -0.15) is 0 Å². The fourth-order valence-corrected chi connectivity index (χ4v) is 4.45. The van der Waals surface area contributed by atoms with Crippen molar-refractivity contribution in [2.24, 2.45) is 0 Å². The van der Waals surface area contributed by atoms with Gasteiger partial charge in [-0.3, -0.25) is 19.1 Å². The maximum atomic E-state index is 12.7. The van der Waals surface area contributed by atoms with Crippen molar-refractivity contribution < 1.29 is 9.59 Å². The molecule has 2 heterocycles. The summed E-state index contributed by atoms with van der Waals surface area (Å²) >= 11 is 0. The number of likely N-dealkylation sites (tertiary alicyclic amines) is 1. The zero-order valence-electron chi connectivity index (χ0n) is 17.8.